The van der Waals surface area contributed by atoms with E-state index in [0.29, 0.717) is 11.2 Å². The number of hydrogen-bond donors (Lipinski definition) is 1. The maximum absolute atomic E-state index is 6.09. The van der Waals surface area contributed by atoms with Gasteiger partial charge in [-0.3, -0.25) is 0 Å². The van der Waals surface area contributed by atoms with E-state index in [-0.39, 0.29) is 0 Å². The number of hydrogen-bond acceptors (Lipinski definition) is 4. The molecule has 0 radical (unpaired) electrons. The zero-order chi connectivity index (χ0) is 11.5. The van der Waals surface area contributed by atoms with Crippen LogP contribution in [0.3, 0.4) is 0 Å². The van der Waals surface area contributed by atoms with Gasteiger partial charge in [-0.2, -0.15) is 11.8 Å². The number of halogens is 1. The molecule has 1 N–H and O–H groups in total. The van der Waals surface area contributed by atoms with E-state index in [0.717, 1.165) is 29.4 Å². The number of nitrogens with one attached hydrogen (secondary N) is 1. The van der Waals surface area contributed by atoms with Crippen molar-refractivity contribution in [2.75, 3.05) is 16.8 Å². The number of thioether (sulfide) groups is 1. The minimum atomic E-state index is 0.527. The predicted molar refractivity (Wildman–Crippen MR) is 70.5 cm³/mol. The van der Waals surface area contributed by atoms with Crippen LogP contribution in [0.2, 0.25) is 5.15 Å². The Morgan fingerprint density at radius 2 is 2.31 bits per heavy atom. The summed E-state index contributed by atoms with van der Waals surface area (Å²) in [6, 6.07) is 0.527. The van der Waals surface area contributed by atoms with Crippen LogP contribution in [0.25, 0.3) is 0 Å². The first kappa shape index (κ1) is 12.0. The molecule has 5 heteroatoms. The molecule has 0 amide bonds. The lowest BCUT2D eigenvalue weighted by atomic mass is 10.2. The molecule has 16 heavy (non-hydrogen) atoms. The van der Waals surface area contributed by atoms with E-state index in [4.69, 9.17) is 11.6 Å². The van der Waals surface area contributed by atoms with Gasteiger partial charge in [-0.05, 0) is 19.1 Å². The van der Waals surface area contributed by atoms with E-state index in [1.165, 1.54) is 12.2 Å². The first-order valence-corrected chi connectivity index (χ1v) is 7.11. The van der Waals surface area contributed by atoms with Crippen molar-refractivity contribution in [3.8, 4) is 0 Å². The molecule has 2 rings (SSSR count). The molecule has 1 unspecified atom stereocenters. The van der Waals surface area contributed by atoms with Crippen LogP contribution >= 0.6 is 23.4 Å². The van der Waals surface area contributed by atoms with Crippen LogP contribution in [-0.2, 0) is 6.42 Å². The minimum Gasteiger partial charge on any atom is -0.366 e. The Morgan fingerprint density at radius 3 is 2.94 bits per heavy atom. The van der Waals surface area contributed by atoms with Crippen LogP contribution in [0.1, 0.15) is 24.7 Å². The van der Waals surface area contributed by atoms with E-state index in [1.807, 2.05) is 25.6 Å². The van der Waals surface area contributed by atoms with Crippen molar-refractivity contribution in [1.29, 1.82) is 0 Å². The lowest BCUT2D eigenvalue weighted by Crippen LogP contribution is -2.20. The van der Waals surface area contributed by atoms with Crippen LogP contribution in [0.4, 0.5) is 5.82 Å². The predicted octanol–water partition coefficient (Wildman–Crippen LogP) is 2.92. The molecule has 1 aromatic rings. The van der Waals surface area contributed by atoms with Crippen LogP contribution in [-0.4, -0.2) is 27.5 Å². The summed E-state index contributed by atoms with van der Waals surface area (Å²) in [5.41, 5.74) is 0.954. The van der Waals surface area contributed by atoms with Crippen LogP contribution in [0.5, 0.6) is 0 Å². The average molecular weight is 258 g/mol. The average Bonchev–Trinajstić information content (AvgIpc) is 2.77. The highest BCUT2D eigenvalue weighted by molar-refractivity contribution is 7.99. The lowest BCUT2D eigenvalue weighted by molar-refractivity contribution is 0.797. The van der Waals surface area contributed by atoms with Gasteiger partial charge in [0, 0.05) is 23.8 Å². The van der Waals surface area contributed by atoms with Crippen molar-refractivity contribution >= 4 is 29.2 Å². The van der Waals surface area contributed by atoms with Gasteiger partial charge < -0.3 is 5.32 Å². The van der Waals surface area contributed by atoms with Gasteiger partial charge >= 0.3 is 0 Å². The summed E-state index contributed by atoms with van der Waals surface area (Å²) >= 11 is 8.07. The van der Waals surface area contributed by atoms with E-state index in [1.54, 1.807) is 0 Å². The van der Waals surface area contributed by atoms with Gasteiger partial charge in [0.15, 0.2) is 0 Å². The SMILES string of the molecule is CCc1nc(Cl)c(C)c(NC2CCSC2)n1. The fourth-order valence-corrected chi connectivity index (χ4v) is 3.01. The second-order valence-electron chi connectivity index (χ2n) is 3.96. The summed E-state index contributed by atoms with van der Waals surface area (Å²) in [7, 11) is 0. The zero-order valence-electron chi connectivity index (χ0n) is 9.59. The van der Waals surface area contributed by atoms with Gasteiger partial charge in [-0.1, -0.05) is 18.5 Å². The second-order valence-corrected chi connectivity index (χ2v) is 5.47. The Labute approximate surface area is 105 Å². The number of rotatable bonds is 3. The fraction of sp³-hybridized carbons (Fsp3) is 0.636. The quantitative estimate of drug-likeness (QED) is 0.845. The first-order chi connectivity index (χ1) is 7.70. The molecule has 0 spiro atoms. The first-order valence-electron chi connectivity index (χ1n) is 5.58. The standard InChI is InChI=1S/C11H16ClN3S/c1-3-9-14-10(12)7(2)11(15-9)13-8-4-5-16-6-8/h8H,3-6H2,1-2H3,(H,13,14,15). The zero-order valence-corrected chi connectivity index (χ0v) is 11.2. The summed E-state index contributed by atoms with van der Waals surface area (Å²) in [6.45, 7) is 4.00. The Kier molecular flexibility index (Phi) is 3.92. The van der Waals surface area contributed by atoms with Crippen molar-refractivity contribution in [2.24, 2.45) is 0 Å². The highest BCUT2D eigenvalue weighted by Gasteiger charge is 2.17. The third-order valence-electron chi connectivity index (χ3n) is 2.72. The van der Waals surface area contributed by atoms with Gasteiger partial charge in [0.25, 0.3) is 0 Å². The molecular weight excluding hydrogens is 242 g/mol. The normalized spacial score (nSPS) is 20.1. The minimum absolute atomic E-state index is 0.527. The number of aryl methyl sites for hydroxylation is 1. The highest BCUT2D eigenvalue weighted by atomic mass is 35.5. The second kappa shape index (κ2) is 5.23. The van der Waals surface area contributed by atoms with E-state index in [2.05, 4.69) is 15.3 Å². The Hall–Kier alpha value is -0.480. The molecule has 3 nitrogen and oxygen atoms in total. The molecule has 88 valence electrons. The van der Waals surface area contributed by atoms with E-state index >= 15 is 0 Å². The molecule has 1 aliphatic rings. The third-order valence-corrected chi connectivity index (χ3v) is 4.25. The van der Waals surface area contributed by atoms with Crippen molar-refractivity contribution in [3.63, 3.8) is 0 Å². The van der Waals surface area contributed by atoms with Crippen molar-refractivity contribution in [3.05, 3.63) is 16.5 Å². The van der Waals surface area contributed by atoms with Crippen molar-refractivity contribution < 1.29 is 0 Å². The monoisotopic (exact) mass is 257 g/mol. The number of aromatic nitrogens is 2. The summed E-state index contributed by atoms with van der Waals surface area (Å²) in [4.78, 5) is 8.73. The van der Waals surface area contributed by atoms with Gasteiger partial charge in [-0.15, -0.1) is 0 Å². The summed E-state index contributed by atoms with van der Waals surface area (Å²) in [5.74, 6) is 4.10. The number of anilines is 1. The van der Waals surface area contributed by atoms with Gasteiger partial charge in [0.1, 0.15) is 16.8 Å². The van der Waals surface area contributed by atoms with E-state index < -0.39 is 0 Å². The molecule has 1 aromatic heterocycles. The van der Waals surface area contributed by atoms with Crippen molar-refractivity contribution in [2.45, 2.75) is 32.7 Å². The molecule has 1 atom stereocenters. The molecule has 0 bridgehead atoms. The van der Waals surface area contributed by atoms with Crippen LogP contribution in [0, 0.1) is 6.92 Å². The molecule has 0 aromatic carbocycles. The van der Waals surface area contributed by atoms with Crippen LogP contribution < -0.4 is 5.32 Å². The molecular formula is C11H16ClN3S. The Balaban J connectivity index is 2.20. The highest BCUT2D eigenvalue weighted by Crippen LogP contribution is 2.25. The maximum atomic E-state index is 6.09. The molecule has 2 heterocycles. The summed E-state index contributed by atoms with van der Waals surface area (Å²) in [6.07, 6.45) is 2.02. The Morgan fingerprint density at radius 1 is 1.50 bits per heavy atom. The van der Waals surface area contributed by atoms with Gasteiger partial charge in [0.05, 0.1) is 0 Å². The molecule has 1 aliphatic heterocycles. The fourth-order valence-electron chi connectivity index (χ4n) is 1.67. The third kappa shape index (κ3) is 2.61. The lowest BCUT2D eigenvalue weighted by Gasteiger charge is -2.15. The topological polar surface area (TPSA) is 37.8 Å². The summed E-state index contributed by atoms with van der Waals surface area (Å²) in [5, 5.41) is 4.04. The molecule has 1 saturated heterocycles. The van der Waals surface area contributed by atoms with Gasteiger partial charge in [-0.25, -0.2) is 9.97 Å². The summed E-state index contributed by atoms with van der Waals surface area (Å²) < 4.78 is 0. The smallest absolute Gasteiger partial charge is 0.137 e. The molecule has 0 aliphatic carbocycles. The number of nitrogens with zero attached hydrogens (tertiary/aromatic N) is 2. The maximum Gasteiger partial charge on any atom is 0.137 e. The Bertz CT molecular complexity index is 378. The molecule has 1 fully saturated rings. The van der Waals surface area contributed by atoms with Crippen molar-refractivity contribution in [1.82, 2.24) is 9.97 Å². The van der Waals surface area contributed by atoms with Crippen LogP contribution in [0.15, 0.2) is 0 Å². The van der Waals surface area contributed by atoms with Gasteiger partial charge in [0.2, 0.25) is 0 Å². The largest absolute Gasteiger partial charge is 0.366 e. The molecule has 0 saturated carbocycles. The van der Waals surface area contributed by atoms with E-state index in [9.17, 15) is 0 Å².